The van der Waals surface area contributed by atoms with Crippen molar-refractivity contribution in [2.75, 3.05) is 26.2 Å². The predicted molar refractivity (Wildman–Crippen MR) is 84.2 cm³/mol. The molecule has 1 heterocycles. The van der Waals surface area contributed by atoms with E-state index >= 15 is 0 Å². The highest BCUT2D eigenvalue weighted by molar-refractivity contribution is 5.43. The Hall–Kier alpha value is -1.06. The Bertz CT molecular complexity index is 425. The van der Waals surface area contributed by atoms with E-state index in [9.17, 15) is 0 Å². The van der Waals surface area contributed by atoms with E-state index in [4.69, 9.17) is 10.5 Å². The molecule has 2 rings (SSSR count). The summed E-state index contributed by atoms with van der Waals surface area (Å²) in [5.74, 6) is 1.06. The predicted octanol–water partition coefficient (Wildman–Crippen LogP) is 3.02. The van der Waals surface area contributed by atoms with Crippen LogP contribution in [0.3, 0.4) is 0 Å². The van der Waals surface area contributed by atoms with E-state index in [1.807, 2.05) is 0 Å². The van der Waals surface area contributed by atoms with Gasteiger partial charge in [-0.05, 0) is 69.9 Å². The highest BCUT2D eigenvalue weighted by atomic mass is 16.5. The van der Waals surface area contributed by atoms with Gasteiger partial charge in [-0.3, -0.25) is 4.90 Å². The third kappa shape index (κ3) is 4.22. The van der Waals surface area contributed by atoms with Crippen molar-refractivity contribution in [1.29, 1.82) is 0 Å². The monoisotopic (exact) mass is 276 g/mol. The minimum atomic E-state index is 0.687. The van der Waals surface area contributed by atoms with Gasteiger partial charge in [0.15, 0.2) is 0 Å². The highest BCUT2D eigenvalue weighted by Gasteiger charge is 2.15. The number of ether oxygens (including phenoxy) is 1. The first-order valence-electron chi connectivity index (χ1n) is 7.86. The fourth-order valence-corrected chi connectivity index (χ4v) is 2.90. The Morgan fingerprint density at radius 1 is 1.15 bits per heavy atom. The van der Waals surface area contributed by atoms with Crippen molar-refractivity contribution in [2.24, 2.45) is 5.73 Å². The molecule has 1 fully saturated rings. The summed E-state index contributed by atoms with van der Waals surface area (Å²) < 4.78 is 5.97. The number of likely N-dealkylation sites (tertiary alicyclic amines) is 1. The second kappa shape index (κ2) is 7.65. The second-order valence-corrected chi connectivity index (χ2v) is 5.89. The van der Waals surface area contributed by atoms with Crippen molar-refractivity contribution in [2.45, 2.75) is 46.1 Å². The van der Waals surface area contributed by atoms with E-state index in [2.05, 4.69) is 30.9 Å². The van der Waals surface area contributed by atoms with Crippen LogP contribution in [0.25, 0.3) is 0 Å². The van der Waals surface area contributed by atoms with Crippen LogP contribution < -0.4 is 10.5 Å². The largest absolute Gasteiger partial charge is 0.493 e. The van der Waals surface area contributed by atoms with Crippen LogP contribution in [-0.4, -0.2) is 31.1 Å². The molecule has 0 radical (unpaired) electrons. The Kier molecular flexibility index (Phi) is 5.86. The quantitative estimate of drug-likeness (QED) is 0.812. The van der Waals surface area contributed by atoms with Crippen LogP contribution in [-0.2, 0) is 6.54 Å². The molecule has 0 saturated carbocycles. The third-order valence-corrected chi connectivity index (χ3v) is 4.01. The first-order chi connectivity index (χ1) is 9.70. The van der Waals surface area contributed by atoms with E-state index < -0.39 is 0 Å². The molecule has 0 bridgehead atoms. The summed E-state index contributed by atoms with van der Waals surface area (Å²) in [5.41, 5.74) is 9.52. The van der Waals surface area contributed by atoms with Gasteiger partial charge in [0.25, 0.3) is 0 Å². The minimum absolute atomic E-state index is 0.687. The summed E-state index contributed by atoms with van der Waals surface area (Å²) in [6.07, 6.45) is 4.95. The molecule has 1 saturated heterocycles. The van der Waals surface area contributed by atoms with Crippen molar-refractivity contribution in [1.82, 2.24) is 4.90 Å². The van der Waals surface area contributed by atoms with Crippen molar-refractivity contribution in [3.63, 3.8) is 0 Å². The SMILES string of the molecule is Cc1cc(C)c(CN2CCCCC2)c(OCCCN)c1. The molecule has 0 unspecified atom stereocenters. The Balaban J connectivity index is 2.11. The normalized spacial score (nSPS) is 16.4. The van der Waals surface area contributed by atoms with Gasteiger partial charge in [0.2, 0.25) is 0 Å². The van der Waals surface area contributed by atoms with Gasteiger partial charge in [0, 0.05) is 12.1 Å². The number of benzene rings is 1. The van der Waals surface area contributed by atoms with Gasteiger partial charge in [0.05, 0.1) is 6.61 Å². The van der Waals surface area contributed by atoms with Crippen LogP contribution in [0.2, 0.25) is 0 Å². The fourth-order valence-electron chi connectivity index (χ4n) is 2.90. The van der Waals surface area contributed by atoms with Crippen molar-refractivity contribution in [3.05, 3.63) is 28.8 Å². The van der Waals surface area contributed by atoms with Gasteiger partial charge >= 0.3 is 0 Å². The average Bonchev–Trinajstić information content (AvgIpc) is 2.44. The lowest BCUT2D eigenvalue weighted by atomic mass is 10.0. The number of piperidine rings is 1. The Labute approximate surface area is 123 Å². The van der Waals surface area contributed by atoms with Gasteiger partial charge in [0.1, 0.15) is 5.75 Å². The summed E-state index contributed by atoms with van der Waals surface area (Å²) in [6, 6.07) is 4.43. The molecular formula is C17H28N2O. The smallest absolute Gasteiger partial charge is 0.124 e. The van der Waals surface area contributed by atoms with E-state index in [1.165, 1.54) is 49.0 Å². The van der Waals surface area contributed by atoms with Crippen LogP contribution in [0.4, 0.5) is 0 Å². The van der Waals surface area contributed by atoms with Crippen molar-refractivity contribution < 1.29 is 4.74 Å². The Morgan fingerprint density at radius 3 is 2.60 bits per heavy atom. The molecule has 1 aromatic carbocycles. The zero-order valence-electron chi connectivity index (χ0n) is 13.0. The molecule has 2 N–H and O–H groups in total. The molecule has 1 aromatic rings. The van der Waals surface area contributed by atoms with Gasteiger partial charge in [-0.15, -0.1) is 0 Å². The third-order valence-electron chi connectivity index (χ3n) is 4.01. The van der Waals surface area contributed by atoms with Crippen molar-refractivity contribution in [3.8, 4) is 5.75 Å². The topological polar surface area (TPSA) is 38.5 Å². The maximum atomic E-state index is 5.97. The van der Waals surface area contributed by atoms with Gasteiger partial charge in [-0.25, -0.2) is 0 Å². The zero-order chi connectivity index (χ0) is 14.4. The maximum absolute atomic E-state index is 5.97. The minimum Gasteiger partial charge on any atom is -0.493 e. The molecule has 1 aliphatic heterocycles. The van der Waals surface area contributed by atoms with Crippen LogP contribution in [0.1, 0.15) is 42.4 Å². The number of nitrogens with two attached hydrogens (primary N) is 1. The summed E-state index contributed by atoms with van der Waals surface area (Å²) >= 11 is 0. The molecule has 0 spiro atoms. The van der Waals surface area contributed by atoms with E-state index in [1.54, 1.807) is 0 Å². The molecule has 0 atom stereocenters. The summed E-state index contributed by atoms with van der Waals surface area (Å²) in [7, 11) is 0. The van der Waals surface area contributed by atoms with Crippen LogP contribution in [0, 0.1) is 13.8 Å². The summed E-state index contributed by atoms with van der Waals surface area (Å²) in [4.78, 5) is 2.55. The molecule has 0 aliphatic carbocycles. The molecule has 3 heteroatoms. The molecule has 3 nitrogen and oxygen atoms in total. The number of hydrogen-bond donors (Lipinski definition) is 1. The van der Waals surface area contributed by atoms with Crippen LogP contribution >= 0.6 is 0 Å². The lowest BCUT2D eigenvalue weighted by Crippen LogP contribution is -2.29. The first kappa shape index (κ1) is 15.3. The fraction of sp³-hybridized carbons (Fsp3) is 0.647. The van der Waals surface area contributed by atoms with E-state index in [-0.39, 0.29) is 0 Å². The van der Waals surface area contributed by atoms with E-state index in [0.29, 0.717) is 13.2 Å². The molecule has 20 heavy (non-hydrogen) atoms. The Morgan fingerprint density at radius 2 is 1.90 bits per heavy atom. The molecule has 112 valence electrons. The lowest BCUT2D eigenvalue weighted by molar-refractivity contribution is 0.215. The van der Waals surface area contributed by atoms with Gasteiger partial charge in [-0.1, -0.05) is 12.5 Å². The molecule has 0 aromatic heterocycles. The molecular weight excluding hydrogens is 248 g/mol. The van der Waals surface area contributed by atoms with Crippen molar-refractivity contribution >= 4 is 0 Å². The van der Waals surface area contributed by atoms with E-state index in [0.717, 1.165) is 18.7 Å². The highest BCUT2D eigenvalue weighted by Crippen LogP contribution is 2.27. The summed E-state index contributed by atoms with van der Waals surface area (Å²) in [5, 5.41) is 0. The van der Waals surface area contributed by atoms with Gasteiger partial charge < -0.3 is 10.5 Å². The van der Waals surface area contributed by atoms with Crippen LogP contribution in [0.15, 0.2) is 12.1 Å². The number of aryl methyl sites for hydroxylation is 2. The van der Waals surface area contributed by atoms with Crippen LogP contribution in [0.5, 0.6) is 5.75 Å². The molecule has 1 aliphatic rings. The number of rotatable bonds is 6. The first-order valence-corrected chi connectivity index (χ1v) is 7.86. The maximum Gasteiger partial charge on any atom is 0.124 e. The lowest BCUT2D eigenvalue weighted by Gasteiger charge is -2.28. The number of hydrogen-bond acceptors (Lipinski definition) is 3. The second-order valence-electron chi connectivity index (χ2n) is 5.89. The summed E-state index contributed by atoms with van der Waals surface area (Å²) in [6.45, 7) is 9.18. The van der Waals surface area contributed by atoms with Gasteiger partial charge in [-0.2, -0.15) is 0 Å². The number of nitrogens with zero attached hydrogens (tertiary/aromatic N) is 1. The standard InChI is InChI=1S/C17H28N2O/c1-14-11-15(2)16(13-19-8-4-3-5-9-19)17(12-14)20-10-6-7-18/h11-12H,3-10,13,18H2,1-2H3. The molecule has 0 amide bonds. The average molecular weight is 276 g/mol. The zero-order valence-corrected chi connectivity index (χ0v) is 13.0.